The maximum absolute atomic E-state index is 4.65. The third-order valence-electron chi connectivity index (χ3n) is 10.7. The average Bonchev–Trinajstić information content (AvgIpc) is 3.51. The lowest BCUT2D eigenvalue weighted by molar-refractivity contribution is 0.769. The molecule has 8 aromatic carbocycles. The first kappa shape index (κ1) is 29.3. The Hall–Kier alpha value is -6.64. The van der Waals surface area contributed by atoms with Crippen molar-refractivity contribution in [2.24, 2.45) is 0 Å². The molecule has 1 aliphatic rings. The quantitative estimate of drug-likeness (QED) is 0.174. The van der Waals surface area contributed by atoms with Gasteiger partial charge in [-0.15, -0.1) is 0 Å². The van der Waals surface area contributed by atoms with E-state index in [0.29, 0.717) is 0 Å². The molecular weight excluding hydrogens is 617 g/mol. The fourth-order valence-electron chi connectivity index (χ4n) is 8.59. The van der Waals surface area contributed by atoms with Crippen molar-refractivity contribution in [3.63, 3.8) is 0 Å². The standard InChI is InChI=1S/C49H32N2/c1-4-15-33(16-5-1)46-40-22-10-11-23-41(40)47(43-31-35(26-28-42(43)46)48-50-29-14-30-51-48)34-25-27-39-38-21-12-13-24-44(38)49(45(39)32-34,36-17-6-2-7-18-36)37-19-8-3-9-20-37/h1-32H. The zero-order chi connectivity index (χ0) is 33.8. The van der Waals surface area contributed by atoms with Gasteiger partial charge in [0.25, 0.3) is 0 Å². The highest BCUT2D eigenvalue weighted by Gasteiger charge is 2.46. The molecule has 0 amide bonds. The number of hydrogen-bond donors (Lipinski definition) is 0. The predicted molar refractivity (Wildman–Crippen MR) is 211 cm³/mol. The summed E-state index contributed by atoms with van der Waals surface area (Å²) in [7, 11) is 0. The lowest BCUT2D eigenvalue weighted by Crippen LogP contribution is -2.28. The van der Waals surface area contributed by atoms with E-state index in [1.807, 2.05) is 18.5 Å². The molecule has 1 heterocycles. The second-order valence-electron chi connectivity index (χ2n) is 13.3. The van der Waals surface area contributed by atoms with Crippen LogP contribution < -0.4 is 0 Å². The van der Waals surface area contributed by atoms with Gasteiger partial charge in [-0.3, -0.25) is 0 Å². The summed E-state index contributed by atoms with van der Waals surface area (Å²) in [5.74, 6) is 0.719. The SMILES string of the molecule is c1ccc(-c2c3ccccc3c(-c3ccc4c(c3)C(c3ccccc3)(c3ccccc3)c3ccccc3-4)c3cc(-c4ncccn4)ccc23)cc1. The van der Waals surface area contributed by atoms with Gasteiger partial charge in [0.15, 0.2) is 5.82 Å². The summed E-state index contributed by atoms with van der Waals surface area (Å²) >= 11 is 0. The normalized spacial score (nSPS) is 12.9. The molecule has 0 radical (unpaired) electrons. The second-order valence-corrected chi connectivity index (χ2v) is 13.3. The van der Waals surface area contributed by atoms with E-state index < -0.39 is 5.41 Å². The number of benzene rings is 8. The molecule has 1 aliphatic carbocycles. The summed E-state index contributed by atoms with van der Waals surface area (Å²) < 4.78 is 0. The van der Waals surface area contributed by atoms with Gasteiger partial charge < -0.3 is 0 Å². The monoisotopic (exact) mass is 648 g/mol. The molecule has 9 aromatic rings. The Balaban J connectivity index is 1.34. The Labute approximate surface area is 297 Å². The van der Waals surface area contributed by atoms with Crippen LogP contribution in [0.1, 0.15) is 22.3 Å². The van der Waals surface area contributed by atoms with Crippen LogP contribution in [0.25, 0.3) is 66.3 Å². The molecule has 0 atom stereocenters. The van der Waals surface area contributed by atoms with E-state index in [2.05, 4.69) is 186 Å². The second kappa shape index (κ2) is 11.8. The van der Waals surface area contributed by atoms with E-state index in [1.54, 1.807) is 0 Å². The molecule has 2 heteroatoms. The van der Waals surface area contributed by atoms with Gasteiger partial charge >= 0.3 is 0 Å². The third kappa shape index (κ3) is 4.43. The summed E-state index contributed by atoms with van der Waals surface area (Å²) in [5, 5.41) is 4.83. The van der Waals surface area contributed by atoms with Crippen LogP contribution in [0, 0.1) is 0 Å². The zero-order valence-corrected chi connectivity index (χ0v) is 27.9. The molecule has 10 rings (SSSR count). The number of aromatic nitrogens is 2. The van der Waals surface area contributed by atoms with Crippen LogP contribution in [0.4, 0.5) is 0 Å². The van der Waals surface area contributed by atoms with Crippen LogP contribution in [-0.2, 0) is 5.41 Å². The fourth-order valence-corrected chi connectivity index (χ4v) is 8.59. The van der Waals surface area contributed by atoms with Crippen molar-refractivity contribution in [1.82, 2.24) is 9.97 Å². The van der Waals surface area contributed by atoms with Crippen molar-refractivity contribution < 1.29 is 0 Å². The highest BCUT2D eigenvalue weighted by molar-refractivity contribution is 6.22. The largest absolute Gasteiger partial charge is 0.237 e. The van der Waals surface area contributed by atoms with Crippen LogP contribution in [0.2, 0.25) is 0 Å². The highest BCUT2D eigenvalue weighted by Crippen LogP contribution is 2.57. The average molecular weight is 649 g/mol. The van der Waals surface area contributed by atoms with E-state index in [-0.39, 0.29) is 0 Å². The summed E-state index contributed by atoms with van der Waals surface area (Å²) in [6, 6.07) is 66.4. The van der Waals surface area contributed by atoms with Crippen molar-refractivity contribution >= 4 is 21.5 Å². The van der Waals surface area contributed by atoms with Crippen molar-refractivity contribution in [3.05, 3.63) is 217 Å². The Bertz CT molecular complexity index is 2680. The van der Waals surface area contributed by atoms with Crippen LogP contribution in [0.5, 0.6) is 0 Å². The minimum absolute atomic E-state index is 0.483. The van der Waals surface area contributed by atoms with E-state index in [4.69, 9.17) is 0 Å². The lowest BCUT2D eigenvalue weighted by Gasteiger charge is -2.34. The molecule has 2 nitrogen and oxygen atoms in total. The highest BCUT2D eigenvalue weighted by atomic mass is 14.8. The van der Waals surface area contributed by atoms with Gasteiger partial charge in [-0.25, -0.2) is 9.97 Å². The first-order valence-corrected chi connectivity index (χ1v) is 17.5. The molecule has 0 saturated heterocycles. The maximum atomic E-state index is 4.65. The topological polar surface area (TPSA) is 25.8 Å². The van der Waals surface area contributed by atoms with Crippen LogP contribution in [0.15, 0.2) is 194 Å². The van der Waals surface area contributed by atoms with Crippen molar-refractivity contribution in [3.8, 4) is 44.8 Å². The minimum atomic E-state index is -0.483. The van der Waals surface area contributed by atoms with Gasteiger partial charge in [0.05, 0.1) is 5.41 Å². The van der Waals surface area contributed by atoms with E-state index >= 15 is 0 Å². The first-order valence-electron chi connectivity index (χ1n) is 17.5. The van der Waals surface area contributed by atoms with Crippen LogP contribution >= 0.6 is 0 Å². The van der Waals surface area contributed by atoms with E-state index in [1.165, 1.54) is 77.2 Å². The number of nitrogens with zero attached hydrogens (tertiary/aromatic N) is 2. The third-order valence-corrected chi connectivity index (χ3v) is 10.7. The van der Waals surface area contributed by atoms with Crippen molar-refractivity contribution in [2.45, 2.75) is 5.41 Å². The van der Waals surface area contributed by atoms with Gasteiger partial charge in [-0.1, -0.05) is 164 Å². The molecule has 0 aliphatic heterocycles. The van der Waals surface area contributed by atoms with Crippen molar-refractivity contribution in [2.75, 3.05) is 0 Å². The Kier molecular flexibility index (Phi) is 6.75. The minimum Gasteiger partial charge on any atom is -0.237 e. The number of fused-ring (bicyclic) bond motifs is 5. The molecule has 0 fully saturated rings. The Morgan fingerprint density at radius 1 is 0.333 bits per heavy atom. The molecule has 238 valence electrons. The lowest BCUT2D eigenvalue weighted by atomic mass is 9.67. The van der Waals surface area contributed by atoms with Crippen LogP contribution in [-0.4, -0.2) is 9.97 Å². The van der Waals surface area contributed by atoms with E-state index in [9.17, 15) is 0 Å². The molecule has 0 saturated carbocycles. The summed E-state index contributed by atoms with van der Waals surface area (Å²) in [5.41, 5.74) is 13.0. The zero-order valence-electron chi connectivity index (χ0n) is 27.9. The molecule has 0 unspecified atom stereocenters. The van der Waals surface area contributed by atoms with Gasteiger partial charge in [-0.05, 0) is 95.4 Å². The Morgan fingerprint density at radius 2 is 0.863 bits per heavy atom. The molecule has 0 spiro atoms. The molecule has 0 bridgehead atoms. The molecule has 0 N–H and O–H groups in total. The first-order chi connectivity index (χ1) is 25.3. The summed E-state index contributed by atoms with van der Waals surface area (Å²) in [6.45, 7) is 0. The van der Waals surface area contributed by atoms with Gasteiger partial charge in [-0.2, -0.15) is 0 Å². The molecule has 1 aromatic heterocycles. The maximum Gasteiger partial charge on any atom is 0.159 e. The smallest absolute Gasteiger partial charge is 0.159 e. The molecular formula is C49H32N2. The number of hydrogen-bond acceptors (Lipinski definition) is 2. The summed E-state index contributed by atoms with van der Waals surface area (Å²) in [4.78, 5) is 9.29. The number of rotatable bonds is 5. The summed E-state index contributed by atoms with van der Waals surface area (Å²) in [6.07, 6.45) is 3.63. The fraction of sp³-hybridized carbons (Fsp3) is 0.0204. The van der Waals surface area contributed by atoms with Gasteiger partial charge in [0.2, 0.25) is 0 Å². The van der Waals surface area contributed by atoms with Gasteiger partial charge in [0, 0.05) is 18.0 Å². The molecule has 51 heavy (non-hydrogen) atoms. The van der Waals surface area contributed by atoms with Crippen molar-refractivity contribution in [1.29, 1.82) is 0 Å². The van der Waals surface area contributed by atoms with E-state index in [0.717, 1.165) is 11.4 Å². The van der Waals surface area contributed by atoms with Gasteiger partial charge in [0.1, 0.15) is 0 Å². The predicted octanol–water partition coefficient (Wildman–Crippen LogP) is 12.1. The Morgan fingerprint density at radius 3 is 1.55 bits per heavy atom. The van der Waals surface area contributed by atoms with Crippen LogP contribution in [0.3, 0.4) is 0 Å².